The average Bonchev–Trinajstić information content (AvgIpc) is 3.03. The molecule has 0 spiro atoms. The molecule has 0 saturated carbocycles. The third-order valence-electron chi connectivity index (χ3n) is 4.16. The van der Waals surface area contributed by atoms with E-state index in [0.29, 0.717) is 29.9 Å². The first-order chi connectivity index (χ1) is 11.9. The monoisotopic (exact) mass is 505 g/mol. The summed E-state index contributed by atoms with van der Waals surface area (Å²) in [7, 11) is 2.13. The second-order valence-corrected chi connectivity index (χ2v) is 7.21. The molecule has 1 aromatic rings. The number of piperidine rings is 1. The van der Waals surface area contributed by atoms with Gasteiger partial charge < -0.3 is 15.5 Å². The summed E-state index contributed by atoms with van der Waals surface area (Å²) in [4.78, 5) is 10.6. The Morgan fingerprint density at radius 1 is 1.35 bits per heavy atom. The summed E-state index contributed by atoms with van der Waals surface area (Å²) in [5.74, 6) is 1.31. The molecule has 0 atom stereocenters. The molecule has 1 fully saturated rings. The van der Waals surface area contributed by atoms with Gasteiger partial charge in [0.25, 0.3) is 0 Å². The van der Waals surface area contributed by atoms with Crippen molar-refractivity contribution in [3.8, 4) is 0 Å². The summed E-state index contributed by atoms with van der Waals surface area (Å²) >= 11 is 1.04. The Hall–Kier alpha value is -0.620. The molecule has 1 aliphatic rings. The first-order valence-corrected chi connectivity index (χ1v) is 9.48. The highest BCUT2D eigenvalue weighted by Gasteiger charge is 2.33. The number of guanidine groups is 1. The fourth-order valence-electron chi connectivity index (χ4n) is 2.65. The topological polar surface area (TPSA) is 52.6 Å². The Kier molecular flexibility index (Phi) is 10.2. The van der Waals surface area contributed by atoms with Gasteiger partial charge in [-0.1, -0.05) is 0 Å². The summed E-state index contributed by atoms with van der Waals surface area (Å²) in [6, 6.07) is 0. The van der Waals surface area contributed by atoms with Crippen molar-refractivity contribution in [3.05, 3.63) is 16.1 Å². The minimum atomic E-state index is -4.37. The summed E-state index contributed by atoms with van der Waals surface area (Å²) in [5, 5.41) is 7.90. The van der Waals surface area contributed by atoms with Crippen LogP contribution in [0.2, 0.25) is 0 Å². The lowest BCUT2D eigenvalue weighted by atomic mass is 9.97. The molecule has 5 nitrogen and oxygen atoms in total. The second kappa shape index (κ2) is 11.3. The van der Waals surface area contributed by atoms with Gasteiger partial charge in [0.1, 0.15) is 0 Å². The molecule has 1 saturated heterocycles. The van der Waals surface area contributed by atoms with Crippen molar-refractivity contribution >= 4 is 41.3 Å². The van der Waals surface area contributed by atoms with Gasteiger partial charge in [-0.3, -0.25) is 4.99 Å². The largest absolute Gasteiger partial charge is 0.434 e. The summed E-state index contributed by atoms with van der Waals surface area (Å²) < 4.78 is 37.6. The van der Waals surface area contributed by atoms with Crippen LogP contribution < -0.4 is 10.6 Å². The van der Waals surface area contributed by atoms with Gasteiger partial charge in [-0.2, -0.15) is 13.2 Å². The molecule has 10 heteroatoms. The summed E-state index contributed by atoms with van der Waals surface area (Å²) in [6.45, 7) is 6.23. The number of nitrogens with zero attached hydrogens (tertiary/aromatic N) is 3. The van der Waals surface area contributed by atoms with E-state index in [1.165, 1.54) is 0 Å². The Bertz CT molecular complexity index is 556. The van der Waals surface area contributed by atoms with E-state index < -0.39 is 11.9 Å². The zero-order valence-corrected chi connectivity index (χ0v) is 18.3. The van der Waals surface area contributed by atoms with E-state index in [2.05, 4.69) is 32.6 Å². The number of alkyl halides is 3. The highest BCUT2D eigenvalue weighted by molar-refractivity contribution is 14.0. The lowest BCUT2D eigenvalue weighted by Crippen LogP contribution is -2.39. The van der Waals surface area contributed by atoms with Crippen LogP contribution in [-0.4, -0.2) is 55.6 Å². The summed E-state index contributed by atoms with van der Waals surface area (Å²) in [5.41, 5.74) is -0.810. The normalized spacial score (nSPS) is 17.0. The number of hydrogen-bond donors (Lipinski definition) is 2. The Labute approximate surface area is 173 Å². The lowest BCUT2D eigenvalue weighted by molar-refractivity contribution is -0.140. The highest BCUT2D eigenvalue weighted by Crippen LogP contribution is 2.30. The van der Waals surface area contributed by atoms with Crippen molar-refractivity contribution in [2.24, 2.45) is 10.9 Å². The van der Waals surface area contributed by atoms with Crippen molar-refractivity contribution in [2.75, 3.05) is 39.8 Å². The van der Waals surface area contributed by atoms with Gasteiger partial charge >= 0.3 is 6.18 Å². The number of rotatable bonds is 6. The van der Waals surface area contributed by atoms with Crippen LogP contribution in [0.1, 0.15) is 30.5 Å². The van der Waals surface area contributed by atoms with Gasteiger partial charge in [0.05, 0.1) is 5.01 Å². The van der Waals surface area contributed by atoms with Crippen molar-refractivity contribution < 1.29 is 13.2 Å². The minimum Gasteiger partial charge on any atom is -0.357 e. The Morgan fingerprint density at radius 3 is 2.62 bits per heavy atom. The van der Waals surface area contributed by atoms with E-state index in [0.717, 1.165) is 55.7 Å². The third-order valence-corrected chi connectivity index (χ3v) is 5.07. The average molecular weight is 505 g/mol. The van der Waals surface area contributed by atoms with Gasteiger partial charge in [-0.05, 0) is 45.8 Å². The first-order valence-electron chi connectivity index (χ1n) is 8.60. The first kappa shape index (κ1) is 23.4. The second-order valence-electron chi connectivity index (χ2n) is 6.27. The third kappa shape index (κ3) is 7.95. The predicted molar refractivity (Wildman–Crippen MR) is 110 cm³/mol. The van der Waals surface area contributed by atoms with Crippen LogP contribution in [0, 0.1) is 5.92 Å². The molecule has 150 valence electrons. The number of aliphatic imine (C=N–C) groups is 1. The van der Waals surface area contributed by atoms with Crippen molar-refractivity contribution in [2.45, 2.75) is 32.4 Å². The number of likely N-dealkylation sites (tertiary alicyclic amines) is 1. The van der Waals surface area contributed by atoms with Gasteiger partial charge in [0.15, 0.2) is 11.7 Å². The Morgan fingerprint density at radius 2 is 2.04 bits per heavy atom. The number of halogens is 4. The van der Waals surface area contributed by atoms with Crippen molar-refractivity contribution in [3.63, 3.8) is 0 Å². The van der Waals surface area contributed by atoms with Crippen molar-refractivity contribution in [1.82, 2.24) is 20.5 Å². The molecule has 0 aliphatic carbocycles. The molecule has 0 bridgehead atoms. The van der Waals surface area contributed by atoms with Gasteiger partial charge in [0, 0.05) is 31.4 Å². The lowest BCUT2D eigenvalue weighted by Gasteiger charge is -2.28. The molecule has 2 rings (SSSR count). The van der Waals surface area contributed by atoms with E-state index in [1.807, 2.05) is 6.92 Å². The van der Waals surface area contributed by atoms with Crippen LogP contribution in [-0.2, 0) is 12.6 Å². The van der Waals surface area contributed by atoms with E-state index in [-0.39, 0.29) is 24.0 Å². The molecule has 0 aromatic carbocycles. The van der Waals surface area contributed by atoms with Crippen LogP contribution in [0.25, 0.3) is 0 Å². The van der Waals surface area contributed by atoms with E-state index >= 15 is 0 Å². The van der Waals surface area contributed by atoms with E-state index in [9.17, 15) is 13.2 Å². The Balaban J connectivity index is 0.00000338. The molecular weight excluding hydrogens is 478 g/mol. The number of aromatic nitrogens is 1. The van der Waals surface area contributed by atoms with Crippen LogP contribution >= 0.6 is 35.3 Å². The van der Waals surface area contributed by atoms with Gasteiger partial charge in [-0.15, -0.1) is 35.3 Å². The molecule has 2 N–H and O–H groups in total. The number of thiazole rings is 1. The highest BCUT2D eigenvalue weighted by atomic mass is 127. The zero-order chi connectivity index (χ0) is 18.3. The maximum atomic E-state index is 12.5. The smallest absolute Gasteiger partial charge is 0.357 e. The van der Waals surface area contributed by atoms with Crippen molar-refractivity contribution in [1.29, 1.82) is 0 Å². The molecule has 0 radical (unpaired) electrons. The number of hydrogen-bond acceptors (Lipinski definition) is 4. The SMILES string of the molecule is CCNC(=NCC1CCN(C)CC1)NCCc1nc(C(F)(F)F)cs1.I. The fourth-order valence-corrected chi connectivity index (χ4v) is 3.46. The predicted octanol–water partition coefficient (Wildman–Crippen LogP) is 3.22. The molecule has 2 heterocycles. The maximum absolute atomic E-state index is 12.5. The van der Waals surface area contributed by atoms with Gasteiger partial charge in [0.2, 0.25) is 0 Å². The zero-order valence-electron chi connectivity index (χ0n) is 15.1. The summed E-state index contributed by atoms with van der Waals surface area (Å²) in [6.07, 6.45) is -1.62. The van der Waals surface area contributed by atoms with Crippen LogP contribution in [0.4, 0.5) is 13.2 Å². The van der Waals surface area contributed by atoms with Crippen LogP contribution in [0.5, 0.6) is 0 Å². The molecule has 26 heavy (non-hydrogen) atoms. The van der Waals surface area contributed by atoms with E-state index in [4.69, 9.17) is 0 Å². The van der Waals surface area contributed by atoms with E-state index in [1.54, 1.807) is 0 Å². The van der Waals surface area contributed by atoms with Crippen LogP contribution in [0.3, 0.4) is 0 Å². The number of nitrogens with one attached hydrogen (secondary N) is 2. The van der Waals surface area contributed by atoms with Gasteiger partial charge in [-0.25, -0.2) is 4.98 Å². The van der Waals surface area contributed by atoms with Crippen LogP contribution in [0.15, 0.2) is 10.4 Å². The maximum Gasteiger partial charge on any atom is 0.434 e. The standard InChI is InChI=1S/C16H26F3N5S.HI/c1-3-20-15(22-10-12-5-8-24(2)9-6-12)21-7-4-14-23-13(11-25-14)16(17,18)19;/h11-12H,3-10H2,1-2H3,(H2,20,21,22);1H. The quantitative estimate of drug-likeness (QED) is 0.354. The molecular formula is C16H27F3IN5S. The fraction of sp³-hybridized carbons (Fsp3) is 0.750. The molecule has 0 amide bonds. The minimum absolute atomic E-state index is 0. The molecule has 0 unspecified atom stereocenters. The molecule has 1 aromatic heterocycles. The molecule has 1 aliphatic heterocycles.